The first kappa shape index (κ1) is 11.5. The van der Waals surface area contributed by atoms with E-state index in [1.54, 1.807) is 0 Å². The molecule has 0 bridgehead atoms. The Morgan fingerprint density at radius 1 is 1.53 bits per heavy atom. The van der Waals surface area contributed by atoms with Crippen LogP contribution in [0.5, 0.6) is 0 Å². The summed E-state index contributed by atoms with van der Waals surface area (Å²) >= 11 is 0. The molecule has 0 N–H and O–H groups in total. The van der Waals surface area contributed by atoms with Crippen LogP contribution < -0.4 is 4.90 Å². The molecule has 1 heterocycles. The molecule has 0 fully saturated rings. The molecule has 1 aliphatic rings. The first-order valence-electron chi connectivity index (χ1n) is 5.91. The van der Waals surface area contributed by atoms with Crippen LogP contribution in [0.4, 0.5) is 5.82 Å². The lowest BCUT2D eigenvalue weighted by atomic mass is 10.1. The Morgan fingerprint density at radius 3 is 3.00 bits per heavy atom. The van der Waals surface area contributed by atoms with E-state index in [1.807, 2.05) is 17.9 Å². The lowest BCUT2D eigenvalue weighted by Crippen LogP contribution is -2.25. The Labute approximate surface area is 102 Å². The van der Waals surface area contributed by atoms with Crippen LogP contribution in [0.25, 0.3) is 0 Å². The fraction of sp³-hybridized carbons (Fsp3) is 0.429. The van der Waals surface area contributed by atoms with Gasteiger partial charge < -0.3 is 4.90 Å². The molecule has 0 atom stereocenters. The van der Waals surface area contributed by atoms with Gasteiger partial charge in [-0.3, -0.25) is 0 Å². The van der Waals surface area contributed by atoms with Gasteiger partial charge in [-0.15, -0.1) is 6.42 Å². The highest BCUT2D eigenvalue weighted by molar-refractivity contribution is 5.57. The van der Waals surface area contributed by atoms with E-state index in [9.17, 15) is 5.26 Å². The van der Waals surface area contributed by atoms with E-state index in [0.717, 1.165) is 37.3 Å². The number of nitrogens with zero attached hydrogens (tertiary/aromatic N) is 3. The van der Waals surface area contributed by atoms with E-state index in [2.05, 4.69) is 17.0 Å². The number of fused-ring (bicyclic) bond motifs is 1. The molecule has 1 aromatic rings. The van der Waals surface area contributed by atoms with Crippen LogP contribution in [-0.2, 0) is 12.8 Å². The van der Waals surface area contributed by atoms with Crippen molar-refractivity contribution < 1.29 is 0 Å². The minimum Gasteiger partial charge on any atom is -0.345 e. The molecule has 0 amide bonds. The lowest BCUT2D eigenvalue weighted by Gasteiger charge is -2.21. The monoisotopic (exact) mass is 225 g/mol. The third-order valence-corrected chi connectivity index (χ3v) is 3.11. The van der Waals surface area contributed by atoms with Gasteiger partial charge in [0, 0.05) is 12.2 Å². The van der Waals surface area contributed by atoms with E-state index in [1.165, 1.54) is 5.56 Å². The van der Waals surface area contributed by atoms with Crippen LogP contribution in [0.1, 0.15) is 30.2 Å². The molecule has 0 saturated carbocycles. The summed E-state index contributed by atoms with van der Waals surface area (Å²) in [7, 11) is 0. The van der Waals surface area contributed by atoms with Gasteiger partial charge in [-0.25, -0.2) is 4.98 Å². The van der Waals surface area contributed by atoms with Crippen LogP contribution in [0.15, 0.2) is 6.07 Å². The zero-order valence-corrected chi connectivity index (χ0v) is 10.0. The molecule has 17 heavy (non-hydrogen) atoms. The van der Waals surface area contributed by atoms with Gasteiger partial charge >= 0.3 is 0 Å². The normalized spacial score (nSPS) is 12.6. The Bertz CT molecular complexity index is 505. The Morgan fingerprint density at radius 2 is 2.35 bits per heavy atom. The molecular weight excluding hydrogens is 210 g/mol. The average molecular weight is 225 g/mol. The summed E-state index contributed by atoms with van der Waals surface area (Å²) in [5.41, 5.74) is 3.00. The van der Waals surface area contributed by atoms with E-state index in [0.29, 0.717) is 12.1 Å². The first-order chi connectivity index (χ1) is 8.30. The number of aryl methyl sites for hydroxylation is 2. The average Bonchev–Trinajstić information content (AvgIpc) is 2.81. The summed E-state index contributed by atoms with van der Waals surface area (Å²) in [6.07, 6.45) is 8.54. The molecule has 3 nitrogen and oxygen atoms in total. The minimum absolute atomic E-state index is 0.497. The second kappa shape index (κ2) is 4.89. The smallest absolute Gasteiger partial charge is 0.147 e. The second-order valence-electron chi connectivity index (χ2n) is 4.15. The summed E-state index contributed by atoms with van der Waals surface area (Å²) in [4.78, 5) is 6.59. The highest BCUT2D eigenvalue weighted by atomic mass is 15.2. The van der Waals surface area contributed by atoms with Crippen LogP contribution >= 0.6 is 0 Å². The Balaban J connectivity index is 2.46. The predicted octanol–water partition coefficient (Wildman–Crippen LogP) is 1.90. The minimum atomic E-state index is 0.497. The highest BCUT2D eigenvalue weighted by Gasteiger charge is 2.18. The fourth-order valence-corrected chi connectivity index (χ4v) is 2.23. The number of hydrogen-bond acceptors (Lipinski definition) is 3. The molecule has 0 radical (unpaired) electrons. The SMILES string of the molecule is C#CCN(CC)c1nc2c(cc1C#N)CCC2. The van der Waals surface area contributed by atoms with E-state index in [4.69, 9.17) is 6.42 Å². The predicted molar refractivity (Wildman–Crippen MR) is 67.7 cm³/mol. The van der Waals surface area contributed by atoms with Gasteiger partial charge in [-0.05, 0) is 37.8 Å². The number of anilines is 1. The first-order valence-corrected chi connectivity index (χ1v) is 5.91. The van der Waals surface area contributed by atoms with Gasteiger partial charge in [-0.1, -0.05) is 5.92 Å². The van der Waals surface area contributed by atoms with Crippen LogP contribution in [-0.4, -0.2) is 18.1 Å². The van der Waals surface area contributed by atoms with Crippen molar-refractivity contribution in [1.29, 1.82) is 5.26 Å². The van der Waals surface area contributed by atoms with Crippen molar-refractivity contribution in [3.8, 4) is 18.4 Å². The van der Waals surface area contributed by atoms with Gasteiger partial charge in [0.25, 0.3) is 0 Å². The van der Waals surface area contributed by atoms with Crippen molar-refractivity contribution in [2.24, 2.45) is 0 Å². The molecule has 1 aliphatic carbocycles. The molecule has 0 aromatic carbocycles. The van der Waals surface area contributed by atoms with Gasteiger partial charge in [-0.2, -0.15) is 5.26 Å². The Kier molecular flexibility index (Phi) is 3.30. The highest BCUT2D eigenvalue weighted by Crippen LogP contribution is 2.26. The summed E-state index contributed by atoms with van der Waals surface area (Å²) in [6.45, 7) is 3.29. The van der Waals surface area contributed by atoms with Crippen LogP contribution in [0.3, 0.4) is 0 Å². The van der Waals surface area contributed by atoms with Crippen molar-refractivity contribution in [1.82, 2.24) is 4.98 Å². The molecule has 3 heteroatoms. The van der Waals surface area contributed by atoms with E-state index < -0.39 is 0 Å². The number of rotatable bonds is 3. The number of nitriles is 1. The maximum atomic E-state index is 9.19. The summed E-state index contributed by atoms with van der Waals surface area (Å²) in [5.74, 6) is 3.36. The van der Waals surface area contributed by atoms with Crippen molar-refractivity contribution in [2.75, 3.05) is 18.0 Å². The van der Waals surface area contributed by atoms with Gasteiger partial charge in [0.15, 0.2) is 0 Å². The fourth-order valence-electron chi connectivity index (χ4n) is 2.23. The largest absolute Gasteiger partial charge is 0.345 e. The molecule has 0 unspecified atom stereocenters. The summed E-state index contributed by atoms with van der Waals surface area (Å²) < 4.78 is 0. The van der Waals surface area contributed by atoms with Gasteiger partial charge in [0.05, 0.1) is 12.1 Å². The standard InChI is InChI=1S/C14H15N3/c1-3-8-17(4-2)14-12(10-15)9-11-6-5-7-13(11)16-14/h1,9H,4-8H2,2H3. The second-order valence-corrected chi connectivity index (χ2v) is 4.15. The molecule has 2 rings (SSSR count). The maximum Gasteiger partial charge on any atom is 0.147 e. The quantitative estimate of drug-likeness (QED) is 0.738. The van der Waals surface area contributed by atoms with E-state index in [-0.39, 0.29) is 0 Å². The van der Waals surface area contributed by atoms with Crippen LogP contribution in [0, 0.1) is 23.7 Å². The molecule has 1 aromatic heterocycles. The van der Waals surface area contributed by atoms with Crippen LogP contribution in [0.2, 0.25) is 0 Å². The van der Waals surface area contributed by atoms with Crippen molar-refractivity contribution >= 4 is 5.82 Å². The third kappa shape index (κ3) is 2.10. The maximum absolute atomic E-state index is 9.19. The summed E-state index contributed by atoms with van der Waals surface area (Å²) in [6, 6.07) is 4.20. The van der Waals surface area contributed by atoms with Crippen molar-refractivity contribution in [3.63, 3.8) is 0 Å². The Hall–Kier alpha value is -2.00. The van der Waals surface area contributed by atoms with Crippen molar-refractivity contribution in [2.45, 2.75) is 26.2 Å². The number of hydrogen-bond donors (Lipinski definition) is 0. The lowest BCUT2D eigenvalue weighted by molar-refractivity contribution is 0.869. The summed E-state index contributed by atoms with van der Waals surface area (Å²) in [5, 5.41) is 9.19. The van der Waals surface area contributed by atoms with Crippen molar-refractivity contribution in [3.05, 3.63) is 22.9 Å². The molecular formula is C14H15N3. The zero-order valence-electron chi connectivity index (χ0n) is 10.0. The molecule has 0 saturated heterocycles. The third-order valence-electron chi connectivity index (χ3n) is 3.11. The zero-order chi connectivity index (χ0) is 12.3. The van der Waals surface area contributed by atoms with Gasteiger partial charge in [0.2, 0.25) is 0 Å². The molecule has 0 aliphatic heterocycles. The number of aromatic nitrogens is 1. The number of pyridine rings is 1. The number of terminal acetylenes is 1. The topological polar surface area (TPSA) is 39.9 Å². The van der Waals surface area contributed by atoms with E-state index >= 15 is 0 Å². The van der Waals surface area contributed by atoms with Gasteiger partial charge in [0.1, 0.15) is 11.9 Å². The molecule has 0 spiro atoms. The molecule has 86 valence electrons.